The number of hydrogen-bond donors (Lipinski definition) is 1. The zero-order valence-corrected chi connectivity index (χ0v) is 6.78. The minimum atomic E-state index is 0.326. The molecule has 0 aliphatic rings. The van der Waals surface area contributed by atoms with Gasteiger partial charge in [-0.15, -0.1) is 0 Å². The standard InChI is InChI=1S/C10H9NO/c1-7-4-8-6-11-3-2-9(8)10(12)5-7/h2-6,12H,1H3. The average Bonchev–Trinajstić information content (AvgIpc) is 2.04. The first-order valence-corrected chi connectivity index (χ1v) is 3.81. The minimum Gasteiger partial charge on any atom is -0.507 e. The lowest BCUT2D eigenvalue weighted by Crippen LogP contribution is -1.78. The van der Waals surface area contributed by atoms with Gasteiger partial charge in [-0.1, -0.05) is 0 Å². The van der Waals surface area contributed by atoms with Crippen molar-refractivity contribution in [3.05, 3.63) is 36.2 Å². The molecule has 1 aromatic carbocycles. The molecule has 2 rings (SSSR count). The van der Waals surface area contributed by atoms with E-state index in [-0.39, 0.29) is 0 Å². The second-order valence-corrected chi connectivity index (χ2v) is 2.88. The van der Waals surface area contributed by atoms with Crippen LogP contribution in [0.5, 0.6) is 5.75 Å². The molecule has 0 unspecified atom stereocenters. The molecule has 2 heteroatoms. The number of hydrogen-bond acceptors (Lipinski definition) is 2. The summed E-state index contributed by atoms with van der Waals surface area (Å²) >= 11 is 0. The van der Waals surface area contributed by atoms with E-state index >= 15 is 0 Å². The molecule has 0 bridgehead atoms. The Morgan fingerprint density at radius 1 is 1.33 bits per heavy atom. The molecular weight excluding hydrogens is 150 g/mol. The van der Waals surface area contributed by atoms with Gasteiger partial charge in [0.05, 0.1) is 0 Å². The molecule has 60 valence electrons. The molecule has 1 aromatic heterocycles. The summed E-state index contributed by atoms with van der Waals surface area (Å²) in [5, 5.41) is 11.4. The van der Waals surface area contributed by atoms with Crippen molar-refractivity contribution in [3.63, 3.8) is 0 Å². The predicted octanol–water partition coefficient (Wildman–Crippen LogP) is 2.25. The third kappa shape index (κ3) is 1.01. The Kier molecular flexibility index (Phi) is 1.47. The van der Waals surface area contributed by atoms with E-state index in [4.69, 9.17) is 0 Å². The SMILES string of the molecule is Cc1cc(O)c2ccncc2c1. The number of aryl methyl sites for hydroxylation is 1. The van der Waals surface area contributed by atoms with Crippen molar-refractivity contribution in [1.82, 2.24) is 4.98 Å². The Labute approximate surface area is 70.5 Å². The molecule has 2 aromatic rings. The summed E-state index contributed by atoms with van der Waals surface area (Å²) in [5.41, 5.74) is 1.05. The van der Waals surface area contributed by atoms with Gasteiger partial charge in [-0.2, -0.15) is 0 Å². The van der Waals surface area contributed by atoms with E-state index in [0.717, 1.165) is 16.3 Å². The fraction of sp³-hybridized carbons (Fsp3) is 0.100. The number of phenolic OH excluding ortho intramolecular Hbond substituents is 1. The molecule has 1 heterocycles. The summed E-state index contributed by atoms with van der Waals surface area (Å²) in [7, 11) is 0. The molecule has 0 fully saturated rings. The quantitative estimate of drug-likeness (QED) is 0.639. The van der Waals surface area contributed by atoms with Gasteiger partial charge in [0.2, 0.25) is 0 Å². The molecule has 0 spiro atoms. The Bertz CT molecular complexity index is 423. The monoisotopic (exact) mass is 159 g/mol. The Morgan fingerprint density at radius 2 is 2.17 bits per heavy atom. The van der Waals surface area contributed by atoms with Crippen LogP contribution in [0, 0.1) is 6.92 Å². The van der Waals surface area contributed by atoms with E-state index in [1.54, 1.807) is 18.5 Å². The summed E-state index contributed by atoms with van der Waals surface area (Å²) < 4.78 is 0. The van der Waals surface area contributed by atoms with E-state index < -0.39 is 0 Å². The van der Waals surface area contributed by atoms with Gasteiger partial charge >= 0.3 is 0 Å². The van der Waals surface area contributed by atoms with Crippen LogP contribution in [-0.2, 0) is 0 Å². The first-order valence-electron chi connectivity index (χ1n) is 3.81. The van der Waals surface area contributed by atoms with Crippen molar-refractivity contribution in [2.45, 2.75) is 6.92 Å². The van der Waals surface area contributed by atoms with Crippen LogP contribution in [0.1, 0.15) is 5.56 Å². The van der Waals surface area contributed by atoms with Crippen LogP contribution in [0.2, 0.25) is 0 Å². The molecule has 0 saturated carbocycles. The normalized spacial score (nSPS) is 10.4. The summed E-state index contributed by atoms with van der Waals surface area (Å²) in [6.45, 7) is 1.95. The van der Waals surface area contributed by atoms with Gasteiger partial charge in [-0.3, -0.25) is 4.98 Å². The maximum atomic E-state index is 9.52. The van der Waals surface area contributed by atoms with E-state index in [2.05, 4.69) is 4.98 Å². The first kappa shape index (κ1) is 7.10. The third-order valence-electron chi connectivity index (χ3n) is 1.88. The van der Waals surface area contributed by atoms with Crippen molar-refractivity contribution in [3.8, 4) is 5.75 Å². The number of aromatic nitrogens is 1. The maximum absolute atomic E-state index is 9.52. The Morgan fingerprint density at radius 3 is 3.00 bits per heavy atom. The number of benzene rings is 1. The van der Waals surface area contributed by atoms with Crippen LogP contribution in [0.4, 0.5) is 0 Å². The van der Waals surface area contributed by atoms with E-state index in [0.29, 0.717) is 5.75 Å². The minimum absolute atomic E-state index is 0.326. The van der Waals surface area contributed by atoms with E-state index in [9.17, 15) is 5.11 Å². The summed E-state index contributed by atoms with van der Waals surface area (Å²) in [4.78, 5) is 3.98. The fourth-order valence-electron chi connectivity index (χ4n) is 1.34. The molecule has 2 nitrogen and oxygen atoms in total. The van der Waals surface area contributed by atoms with Gasteiger partial charge in [0, 0.05) is 23.2 Å². The van der Waals surface area contributed by atoms with Crippen LogP contribution < -0.4 is 0 Å². The smallest absolute Gasteiger partial charge is 0.123 e. The van der Waals surface area contributed by atoms with Gasteiger partial charge in [-0.25, -0.2) is 0 Å². The topological polar surface area (TPSA) is 33.1 Å². The zero-order chi connectivity index (χ0) is 8.55. The number of rotatable bonds is 0. The van der Waals surface area contributed by atoms with Gasteiger partial charge in [0.25, 0.3) is 0 Å². The fourth-order valence-corrected chi connectivity index (χ4v) is 1.34. The van der Waals surface area contributed by atoms with E-state index in [1.807, 2.05) is 19.1 Å². The van der Waals surface area contributed by atoms with Crippen LogP contribution in [0.3, 0.4) is 0 Å². The number of nitrogens with zero attached hydrogens (tertiary/aromatic N) is 1. The molecule has 1 N–H and O–H groups in total. The summed E-state index contributed by atoms with van der Waals surface area (Å²) in [5.74, 6) is 0.326. The lowest BCUT2D eigenvalue weighted by atomic mass is 10.1. The Balaban J connectivity index is 2.89. The van der Waals surface area contributed by atoms with Gasteiger partial charge in [0.1, 0.15) is 5.75 Å². The van der Waals surface area contributed by atoms with Crippen LogP contribution >= 0.6 is 0 Å². The number of aromatic hydroxyl groups is 1. The van der Waals surface area contributed by atoms with Gasteiger partial charge in [0.15, 0.2) is 0 Å². The highest BCUT2D eigenvalue weighted by Gasteiger charge is 1.98. The number of fused-ring (bicyclic) bond motifs is 1. The highest BCUT2D eigenvalue weighted by Crippen LogP contribution is 2.24. The van der Waals surface area contributed by atoms with Crippen LogP contribution in [0.15, 0.2) is 30.6 Å². The highest BCUT2D eigenvalue weighted by molar-refractivity contribution is 5.87. The van der Waals surface area contributed by atoms with Crippen molar-refractivity contribution in [2.24, 2.45) is 0 Å². The van der Waals surface area contributed by atoms with Crippen LogP contribution in [-0.4, -0.2) is 10.1 Å². The summed E-state index contributed by atoms with van der Waals surface area (Å²) in [6.07, 6.45) is 3.43. The molecule has 0 saturated heterocycles. The summed E-state index contributed by atoms with van der Waals surface area (Å²) in [6, 6.07) is 5.56. The predicted molar refractivity (Wildman–Crippen MR) is 48.1 cm³/mol. The van der Waals surface area contributed by atoms with Crippen LogP contribution in [0.25, 0.3) is 10.8 Å². The zero-order valence-electron chi connectivity index (χ0n) is 6.78. The third-order valence-corrected chi connectivity index (χ3v) is 1.88. The largest absolute Gasteiger partial charge is 0.507 e. The molecular formula is C10H9NO. The second-order valence-electron chi connectivity index (χ2n) is 2.88. The molecule has 12 heavy (non-hydrogen) atoms. The van der Waals surface area contributed by atoms with Gasteiger partial charge < -0.3 is 5.11 Å². The lowest BCUT2D eigenvalue weighted by Gasteiger charge is -2.00. The Hall–Kier alpha value is -1.57. The maximum Gasteiger partial charge on any atom is 0.123 e. The molecule has 0 atom stereocenters. The molecule has 0 aliphatic carbocycles. The van der Waals surface area contributed by atoms with E-state index in [1.165, 1.54) is 0 Å². The number of pyridine rings is 1. The van der Waals surface area contributed by atoms with Crippen molar-refractivity contribution < 1.29 is 5.11 Å². The molecule has 0 amide bonds. The average molecular weight is 159 g/mol. The van der Waals surface area contributed by atoms with Crippen molar-refractivity contribution >= 4 is 10.8 Å². The molecule has 0 aliphatic heterocycles. The molecule has 0 radical (unpaired) electrons. The number of phenols is 1. The second kappa shape index (κ2) is 2.48. The first-order chi connectivity index (χ1) is 5.77. The van der Waals surface area contributed by atoms with Crippen molar-refractivity contribution in [2.75, 3.05) is 0 Å². The lowest BCUT2D eigenvalue weighted by molar-refractivity contribution is 0.481. The highest BCUT2D eigenvalue weighted by atomic mass is 16.3. The van der Waals surface area contributed by atoms with Gasteiger partial charge in [-0.05, 0) is 30.7 Å². The van der Waals surface area contributed by atoms with Crippen molar-refractivity contribution in [1.29, 1.82) is 0 Å².